The first-order valence-electron chi connectivity index (χ1n) is 11.5. The van der Waals surface area contributed by atoms with Crippen LogP contribution in [0, 0.1) is 0 Å². The average molecular weight is 490 g/mol. The van der Waals surface area contributed by atoms with Crippen LogP contribution in [0.4, 0.5) is 0 Å². The van der Waals surface area contributed by atoms with Crippen molar-refractivity contribution in [2.24, 2.45) is 5.11 Å². The van der Waals surface area contributed by atoms with Crippen LogP contribution in [0.15, 0.2) is 96.1 Å². The smallest absolute Gasteiger partial charge is 0.386 e. The van der Waals surface area contributed by atoms with Gasteiger partial charge in [-0.1, -0.05) is 96.1 Å². The zero-order chi connectivity index (χ0) is 25.2. The van der Waals surface area contributed by atoms with E-state index in [-0.39, 0.29) is 26.4 Å². The zero-order valence-electron chi connectivity index (χ0n) is 19.6. The van der Waals surface area contributed by atoms with Crippen LogP contribution in [0.25, 0.3) is 10.4 Å². The summed E-state index contributed by atoms with van der Waals surface area (Å²) in [5, 5.41) is 15.0. The van der Waals surface area contributed by atoms with E-state index in [2.05, 4.69) is 10.0 Å². The van der Waals surface area contributed by atoms with E-state index in [9.17, 15) is 9.90 Å². The highest BCUT2D eigenvalue weighted by Gasteiger charge is 2.69. The standard InChI is InChI=1S/C27H27N3O6/c28-30-29-23(19-33-16-20-10-4-1-5-11-20)24(31)25(34-17-21-12-6-2-7-13-21)27(26(32)36-27)35-18-22-14-8-3-9-15-22/h1-15,23-25,31H,16-19H2/t23-,24-,25+,27+/m1/s1. The number of hydrogen-bond donors (Lipinski definition) is 1. The Morgan fingerprint density at radius 1 is 0.861 bits per heavy atom. The predicted octanol–water partition coefficient (Wildman–Crippen LogP) is 4.30. The molecule has 0 saturated carbocycles. The molecular formula is C27H27N3O6. The minimum absolute atomic E-state index is 0.0567. The van der Waals surface area contributed by atoms with E-state index in [1.807, 2.05) is 91.0 Å². The third-order valence-electron chi connectivity index (χ3n) is 5.73. The SMILES string of the molecule is [N-]=[N+]=N[C@H](COCc1ccccc1)[C@@H](O)[C@H](OCc1ccccc1)[C@]1(OCc2ccccc2)OC1=O. The second-order valence-electron chi connectivity index (χ2n) is 8.31. The number of aliphatic hydroxyl groups is 1. The van der Waals surface area contributed by atoms with Crippen LogP contribution < -0.4 is 0 Å². The molecule has 1 N–H and O–H groups in total. The lowest BCUT2D eigenvalue weighted by Gasteiger charge is -2.29. The monoisotopic (exact) mass is 489 g/mol. The van der Waals surface area contributed by atoms with Gasteiger partial charge in [-0.2, -0.15) is 0 Å². The van der Waals surface area contributed by atoms with E-state index in [0.717, 1.165) is 16.7 Å². The highest BCUT2D eigenvalue weighted by Crippen LogP contribution is 2.40. The number of rotatable bonds is 14. The Balaban J connectivity index is 1.51. The molecule has 0 spiro atoms. The van der Waals surface area contributed by atoms with Gasteiger partial charge in [0.25, 0.3) is 0 Å². The molecule has 4 atom stereocenters. The molecule has 1 aliphatic rings. The molecule has 36 heavy (non-hydrogen) atoms. The van der Waals surface area contributed by atoms with Crippen LogP contribution in [-0.2, 0) is 43.6 Å². The van der Waals surface area contributed by atoms with Gasteiger partial charge in [-0.3, -0.25) is 0 Å². The number of aliphatic hydroxyl groups excluding tert-OH is 1. The van der Waals surface area contributed by atoms with Crippen molar-refractivity contribution in [3.05, 3.63) is 118 Å². The summed E-state index contributed by atoms with van der Waals surface area (Å²) in [6.07, 6.45) is -2.73. The average Bonchev–Trinajstić information content (AvgIpc) is 3.58. The Labute approximate surface area is 208 Å². The molecule has 4 rings (SSSR count). The molecule has 3 aromatic carbocycles. The van der Waals surface area contributed by atoms with Gasteiger partial charge in [-0.25, -0.2) is 4.79 Å². The molecule has 1 fully saturated rings. The minimum Gasteiger partial charge on any atom is -0.414 e. The maximum atomic E-state index is 12.5. The fraction of sp³-hybridized carbons (Fsp3) is 0.296. The second kappa shape index (κ2) is 12.3. The summed E-state index contributed by atoms with van der Waals surface area (Å²) in [6.45, 7) is 0.282. The van der Waals surface area contributed by atoms with Crippen molar-refractivity contribution in [1.29, 1.82) is 0 Å². The number of nitrogens with zero attached hydrogens (tertiary/aromatic N) is 3. The fourth-order valence-corrected chi connectivity index (χ4v) is 3.76. The van der Waals surface area contributed by atoms with Gasteiger partial charge in [0.2, 0.25) is 0 Å². The number of carbonyl (C=O) groups is 1. The zero-order valence-corrected chi connectivity index (χ0v) is 19.6. The molecule has 9 heteroatoms. The van der Waals surface area contributed by atoms with E-state index in [1.54, 1.807) is 0 Å². The van der Waals surface area contributed by atoms with Gasteiger partial charge in [0.1, 0.15) is 0 Å². The van der Waals surface area contributed by atoms with Gasteiger partial charge < -0.3 is 24.1 Å². The lowest BCUT2D eigenvalue weighted by Crippen LogP contribution is -2.50. The molecule has 1 saturated heterocycles. The molecule has 0 unspecified atom stereocenters. The summed E-state index contributed by atoms with van der Waals surface area (Å²) < 4.78 is 22.9. The summed E-state index contributed by atoms with van der Waals surface area (Å²) >= 11 is 0. The Morgan fingerprint density at radius 2 is 1.36 bits per heavy atom. The predicted molar refractivity (Wildman–Crippen MR) is 130 cm³/mol. The van der Waals surface area contributed by atoms with Crippen LogP contribution >= 0.6 is 0 Å². The van der Waals surface area contributed by atoms with Crippen LogP contribution in [0.3, 0.4) is 0 Å². The van der Waals surface area contributed by atoms with Gasteiger partial charge in [0, 0.05) is 4.91 Å². The molecule has 3 aromatic rings. The quantitative estimate of drug-likeness (QED) is 0.156. The summed E-state index contributed by atoms with van der Waals surface area (Å²) in [7, 11) is 0. The molecule has 186 valence electrons. The number of epoxide rings is 1. The third-order valence-corrected chi connectivity index (χ3v) is 5.73. The highest BCUT2D eigenvalue weighted by molar-refractivity contribution is 5.92. The first kappa shape index (κ1) is 25.4. The van der Waals surface area contributed by atoms with Crippen molar-refractivity contribution in [2.45, 2.75) is 43.9 Å². The molecule has 9 nitrogen and oxygen atoms in total. The Hall–Kier alpha value is -3.72. The maximum absolute atomic E-state index is 12.5. The van der Waals surface area contributed by atoms with Crippen molar-refractivity contribution >= 4 is 5.97 Å². The molecule has 0 aliphatic carbocycles. The van der Waals surface area contributed by atoms with E-state index in [1.165, 1.54) is 0 Å². The van der Waals surface area contributed by atoms with Crippen LogP contribution in [0.1, 0.15) is 16.7 Å². The van der Waals surface area contributed by atoms with E-state index >= 15 is 0 Å². The summed E-state index contributed by atoms with van der Waals surface area (Å²) in [6, 6.07) is 26.9. The van der Waals surface area contributed by atoms with Gasteiger partial charge in [0.15, 0.2) is 6.10 Å². The van der Waals surface area contributed by atoms with E-state index in [4.69, 9.17) is 24.5 Å². The third kappa shape index (κ3) is 6.48. The van der Waals surface area contributed by atoms with Gasteiger partial charge >= 0.3 is 11.8 Å². The van der Waals surface area contributed by atoms with Crippen LogP contribution in [0.2, 0.25) is 0 Å². The Kier molecular flexibility index (Phi) is 8.67. The topological polar surface area (TPSA) is 126 Å². The van der Waals surface area contributed by atoms with Crippen molar-refractivity contribution < 1.29 is 28.8 Å². The number of cyclic esters (lactones) is 1. The first-order chi connectivity index (χ1) is 17.6. The molecule has 0 amide bonds. The largest absolute Gasteiger partial charge is 0.414 e. The number of hydrogen-bond acceptors (Lipinski definition) is 7. The van der Waals surface area contributed by atoms with E-state index < -0.39 is 30.0 Å². The van der Waals surface area contributed by atoms with Gasteiger partial charge in [-0.15, -0.1) is 0 Å². The Bertz CT molecular complexity index is 1160. The lowest BCUT2D eigenvalue weighted by molar-refractivity contribution is -0.191. The molecule has 1 heterocycles. The lowest BCUT2D eigenvalue weighted by atomic mass is 10.0. The number of benzene rings is 3. The van der Waals surface area contributed by atoms with Crippen LogP contribution in [-0.4, -0.2) is 41.7 Å². The van der Waals surface area contributed by atoms with Gasteiger partial charge in [-0.05, 0) is 22.2 Å². The van der Waals surface area contributed by atoms with E-state index in [0.29, 0.717) is 0 Å². The number of azide groups is 1. The molecule has 0 radical (unpaired) electrons. The fourth-order valence-electron chi connectivity index (χ4n) is 3.76. The number of carbonyl (C=O) groups excluding carboxylic acids is 1. The summed E-state index contributed by atoms with van der Waals surface area (Å²) in [4.78, 5) is 15.4. The Morgan fingerprint density at radius 3 is 1.86 bits per heavy atom. The summed E-state index contributed by atoms with van der Waals surface area (Å²) in [5.74, 6) is -2.49. The summed E-state index contributed by atoms with van der Waals surface area (Å²) in [5.41, 5.74) is 11.7. The van der Waals surface area contributed by atoms with Crippen molar-refractivity contribution in [3.8, 4) is 0 Å². The maximum Gasteiger partial charge on any atom is 0.386 e. The first-order valence-corrected chi connectivity index (χ1v) is 11.5. The van der Waals surface area contributed by atoms with Crippen molar-refractivity contribution in [2.75, 3.05) is 6.61 Å². The van der Waals surface area contributed by atoms with Crippen molar-refractivity contribution in [3.63, 3.8) is 0 Å². The van der Waals surface area contributed by atoms with Crippen LogP contribution in [0.5, 0.6) is 0 Å². The second-order valence-corrected chi connectivity index (χ2v) is 8.31. The normalized spacial score (nSPS) is 19.0. The van der Waals surface area contributed by atoms with Crippen molar-refractivity contribution in [1.82, 2.24) is 0 Å². The molecular weight excluding hydrogens is 462 g/mol. The minimum atomic E-state index is -1.83. The number of ether oxygens (including phenoxy) is 4. The molecule has 0 aromatic heterocycles. The molecule has 0 bridgehead atoms. The van der Waals surface area contributed by atoms with Gasteiger partial charge in [0.05, 0.1) is 38.6 Å². The highest BCUT2D eigenvalue weighted by atomic mass is 16.8. The molecule has 1 aliphatic heterocycles.